The maximum Gasteiger partial charge on any atom is 0.341 e. The Morgan fingerprint density at radius 1 is 1.15 bits per heavy atom. The minimum absolute atomic E-state index is 0.0102. The predicted molar refractivity (Wildman–Crippen MR) is 103 cm³/mol. The molecule has 0 unspecified atom stereocenters. The van der Waals surface area contributed by atoms with Crippen molar-refractivity contribution in [1.29, 1.82) is 0 Å². The summed E-state index contributed by atoms with van der Waals surface area (Å²) in [6.45, 7) is 12.6. The van der Waals surface area contributed by atoms with Gasteiger partial charge in [0.1, 0.15) is 11.3 Å². The molecule has 0 radical (unpaired) electrons. The molecule has 0 aliphatic carbocycles. The molecule has 0 bridgehead atoms. The number of ether oxygens (including phenoxy) is 1. The summed E-state index contributed by atoms with van der Waals surface area (Å²) >= 11 is 0. The number of nitrogens with zero attached hydrogens (tertiary/aromatic N) is 2. The summed E-state index contributed by atoms with van der Waals surface area (Å²) in [7, 11) is 1.90. The number of hydrogen-bond donors (Lipinski definition) is 1. The molecule has 5 heteroatoms. The van der Waals surface area contributed by atoms with Crippen LogP contribution in [-0.2, 0) is 29.0 Å². The number of phenolic OH excluding ortho intramolecular Hbond substituents is 1. The zero-order valence-corrected chi connectivity index (χ0v) is 16.9. The number of hydrogen-bond acceptors (Lipinski definition) is 4. The summed E-state index contributed by atoms with van der Waals surface area (Å²) in [5.41, 5.74) is 2.54. The number of rotatable bonds is 4. The molecule has 26 heavy (non-hydrogen) atoms. The van der Waals surface area contributed by atoms with Crippen LogP contribution in [0.1, 0.15) is 68.7 Å². The Morgan fingerprint density at radius 2 is 1.81 bits per heavy atom. The van der Waals surface area contributed by atoms with Gasteiger partial charge in [-0.3, -0.25) is 0 Å². The topological polar surface area (TPSA) is 64.4 Å². The van der Waals surface area contributed by atoms with Gasteiger partial charge in [0.25, 0.3) is 0 Å². The summed E-state index contributed by atoms with van der Waals surface area (Å²) in [6.07, 6.45) is 4.04. The monoisotopic (exact) mass is 358 g/mol. The van der Waals surface area contributed by atoms with Crippen molar-refractivity contribution in [2.75, 3.05) is 6.61 Å². The van der Waals surface area contributed by atoms with Gasteiger partial charge in [-0.25, -0.2) is 9.78 Å². The minimum atomic E-state index is -0.499. The molecule has 0 saturated carbocycles. The van der Waals surface area contributed by atoms with E-state index in [0.29, 0.717) is 6.42 Å². The van der Waals surface area contributed by atoms with Gasteiger partial charge in [0, 0.05) is 30.9 Å². The molecule has 0 aliphatic rings. The number of aromatic nitrogens is 2. The third-order valence-electron chi connectivity index (χ3n) is 4.51. The van der Waals surface area contributed by atoms with Crippen LogP contribution in [0.4, 0.5) is 0 Å². The lowest BCUT2D eigenvalue weighted by molar-refractivity contribution is 0.0504. The molecule has 0 amide bonds. The van der Waals surface area contributed by atoms with Gasteiger partial charge >= 0.3 is 5.97 Å². The lowest BCUT2D eigenvalue weighted by Gasteiger charge is -2.27. The van der Waals surface area contributed by atoms with E-state index in [0.717, 1.165) is 16.8 Å². The number of benzene rings is 1. The Labute approximate surface area is 156 Å². The van der Waals surface area contributed by atoms with Crippen molar-refractivity contribution in [3.05, 3.63) is 47.0 Å². The fourth-order valence-corrected chi connectivity index (χ4v) is 2.75. The number of carbonyl (C=O) groups excluding carboxylic acids is 1. The highest BCUT2D eigenvalue weighted by molar-refractivity contribution is 5.93. The second-order valence-electron chi connectivity index (χ2n) is 8.80. The Morgan fingerprint density at radius 3 is 2.31 bits per heavy atom. The highest BCUT2D eigenvalue weighted by Crippen LogP contribution is 2.37. The summed E-state index contributed by atoms with van der Waals surface area (Å²) in [5, 5.41) is 10.7. The third kappa shape index (κ3) is 4.45. The number of imidazole rings is 1. The molecular weight excluding hydrogens is 328 g/mol. The van der Waals surface area contributed by atoms with E-state index in [4.69, 9.17) is 4.74 Å². The van der Waals surface area contributed by atoms with Gasteiger partial charge in [-0.1, -0.05) is 47.6 Å². The fraction of sp³-hybridized carbons (Fsp3) is 0.524. The molecule has 2 rings (SSSR count). The average molecular weight is 358 g/mol. The van der Waals surface area contributed by atoms with Gasteiger partial charge in [-0.2, -0.15) is 0 Å². The van der Waals surface area contributed by atoms with E-state index in [9.17, 15) is 9.90 Å². The molecule has 0 fully saturated rings. The van der Waals surface area contributed by atoms with Crippen LogP contribution in [0.5, 0.6) is 5.75 Å². The van der Waals surface area contributed by atoms with Crippen molar-refractivity contribution < 1.29 is 14.6 Å². The molecule has 142 valence electrons. The molecule has 1 aromatic heterocycles. The molecular formula is C21H30N2O3. The predicted octanol–water partition coefficient (Wildman–Crippen LogP) is 4.12. The van der Waals surface area contributed by atoms with Crippen molar-refractivity contribution in [2.45, 2.75) is 58.8 Å². The standard InChI is InChI=1S/C21H30N2O3/c1-20(2,3)14-10-16(18(24)17(11-14)21(4,5)6)19(25)26-9-8-15-12-22-13-23(15)7/h10-13,24H,8-9H2,1-7H3. The van der Waals surface area contributed by atoms with Gasteiger partial charge in [0.15, 0.2) is 0 Å². The first kappa shape index (κ1) is 20.0. The van der Waals surface area contributed by atoms with Crippen molar-refractivity contribution in [3.8, 4) is 5.75 Å². The van der Waals surface area contributed by atoms with Crippen molar-refractivity contribution in [2.24, 2.45) is 7.05 Å². The maximum atomic E-state index is 12.6. The van der Waals surface area contributed by atoms with E-state index in [1.54, 1.807) is 18.6 Å². The van der Waals surface area contributed by atoms with Crippen LogP contribution in [0.25, 0.3) is 0 Å². The van der Waals surface area contributed by atoms with Crippen LogP contribution in [0.2, 0.25) is 0 Å². The van der Waals surface area contributed by atoms with Crippen LogP contribution in [0, 0.1) is 0 Å². The molecule has 2 aromatic rings. The van der Waals surface area contributed by atoms with E-state index >= 15 is 0 Å². The Balaban J connectivity index is 2.28. The first-order valence-electron chi connectivity index (χ1n) is 8.91. The van der Waals surface area contributed by atoms with Crippen LogP contribution in [0.3, 0.4) is 0 Å². The number of aryl methyl sites for hydroxylation is 1. The number of aromatic hydroxyl groups is 1. The second kappa shape index (κ2) is 7.14. The van der Waals surface area contributed by atoms with Gasteiger partial charge in [-0.05, 0) is 22.5 Å². The van der Waals surface area contributed by atoms with Crippen LogP contribution >= 0.6 is 0 Å². The fourth-order valence-electron chi connectivity index (χ4n) is 2.75. The van der Waals surface area contributed by atoms with E-state index in [1.807, 2.05) is 38.5 Å². The molecule has 0 saturated heterocycles. The average Bonchev–Trinajstić information content (AvgIpc) is 2.90. The zero-order chi connectivity index (χ0) is 19.7. The van der Waals surface area contributed by atoms with E-state index < -0.39 is 5.97 Å². The number of esters is 1. The highest BCUT2D eigenvalue weighted by Gasteiger charge is 2.27. The van der Waals surface area contributed by atoms with Crippen molar-refractivity contribution >= 4 is 5.97 Å². The first-order valence-corrected chi connectivity index (χ1v) is 8.91. The Hall–Kier alpha value is -2.30. The summed E-state index contributed by atoms with van der Waals surface area (Å²) in [6, 6.07) is 3.73. The lowest BCUT2D eigenvalue weighted by atomic mass is 9.79. The molecule has 1 aromatic carbocycles. The second-order valence-corrected chi connectivity index (χ2v) is 8.80. The molecule has 0 aliphatic heterocycles. The number of carbonyl (C=O) groups is 1. The smallest absolute Gasteiger partial charge is 0.341 e. The summed E-state index contributed by atoms with van der Waals surface area (Å²) in [4.78, 5) is 16.7. The van der Waals surface area contributed by atoms with Gasteiger partial charge in [-0.15, -0.1) is 0 Å². The molecule has 0 spiro atoms. The van der Waals surface area contributed by atoms with E-state index in [1.165, 1.54) is 0 Å². The number of phenols is 1. The molecule has 0 atom stereocenters. The Kier molecular flexibility index (Phi) is 5.49. The van der Waals surface area contributed by atoms with Crippen molar-refractivity contribution in [1.82, 2.24) is 9.55 Å². The van der Waals surface area contributed by atoms with Crippen LogP contribution < -0.4 is 0 Å². The molecule has 1 N–H and O–H groups in total. The summed E-state index contributed by atoms with van der Waals surface area (Å²) < 4.78 is 7.32. The third-order valence-corrected chi connectivity index (χ3v) is 4.51. The van der Waals surface area contributed by atoms with Crippen LogP contribution in [0.15, 0.2) is 24.7 Å². The zero-order valence-electron chi connectivity index (χ0n) is 16.9. The SMILES string of the molecule is Cn1cncc1CCOC(=O)c1cc(C(C)(C)C)cc(C(C)(C)C)c1O. The summed E-state index contributed by atoms with van der Waals surface area (Å²) in [5.74, 6) is -0.489. The van der Waals surface area contributed by atoms with Crippen molar-refractivity contribution in [3.63, 3.8) is 0 Å². The Bertz CT molecular complexity index is 793. The largest absolute Gasteiger partial charge is 0.507 e. The first-order chi connectivity index (χ1) is 11.9. The maximum absolute atomic E-state index is 12.6. The van der Waals surface area contributed by atoms with Gasteiger partial charge in [0.05, 0.1) is 12.9 Å². The normalized spacial score (nSPS) is 12.3. The lowest BCUT2D eigenvalue weighted by Crippen LogP contribution is -2.19. The molecule has 1 heterocycles. The minimum Gasteiger partial charge on any atom is -0.507 e. The molecule has 5 nitrogen and oxygen atoms in total. The highest BCUT2D eigenvalue weighted by atomic mass is 16.5. The quantitative estimate of drug-likeness (QED) is 0.835. The van der Waals surface area contributed by atoms with Crippen LogP contribution in [-0.4, -0.2) is 27.2 Å². The van der Waals surface area contributed by atoms with Gasteiger partial charge < -0.3 is 14.4 Å². The van der Waals surface area contributed by atoms with E-state index in [-0.39, 0.29) is 28.7 Å². The van der Waals surface area contributed by atoms with Gasteiger partial charge in [0.2, 0.25) is 0 Å². The van der Waals surface area contributed by atoms with E-state index in [2.05, 4.69) is 25.8 Å².